The van der Waals surface area contributed by atoms with E-state index in [-0.39, 0.29) is 17.2 Å². The van der Waals surface area contributed by atoms with E-state index in [4.69, 9.17) is 0 Å². The lowest BCUT2D eigenvalue weighted by molar-refractivity contribution is -0.118. The number of aromatic amines is 1. The first-order valence-electron chi connectivity index (χ1n) is 10.6. The summed E-state index contributed by atoms with van der Waals surface area (Å²) in [5.41, 5.74) is 2.07. The second-order valence-corrected chi connectivity index (χ2v) is 8.48. The van der Waals surface area contributed by atoms with Gasteiger partial charge in [0.25, 0.3) is 5.56 Å². The van der Waals surface area contributed by atoms with Crippen molar-refractivity contribution >= 4 is 39.5 Å². The molecule has 0 bridgehead atoms. The van der Waals surface area contributed by atoms with Crippen LogP contribution in [0.3, 0.4) is 0 Å². The molecular weight excluding hydrogens is 434 g/mol. The molecule has 5 aromatic rings. The first-order valence-corrected chi connectivity index (χ1v) is 11.6. The van der Waals surface area contributed by atoms with Crippen molar-refractivity contribution in [1.82, 2.24) is 25.1 Å². The van der Waals surface area contributed by atoms with Crippen LogP contribution < -0.4 is 10.9 Å². The van der Waals surface area contributed by atoms with Crippen LogP contribution in [0.1, 0.15) is 5.56 Å². The number of rotatable bonds is 7. The Hall–Kier alpha value is -3.91. The van der Waals surface area contributed by atoms with Gasteiger partial charge in [0.2, 0.25) is 5.91 Å². The molecule has 5 rings (SSSR count). The standard InChI is InChI=1S/C25H21N5O2S/c31-22(26-14-13-17-7-2-1-3-8-17)16-33-25-28-23-20(15-27-29-23)24(32)30(25)21-12-6-10-18-9-4-5-11-19(18)21/h1-12,15H,13-14,16H2,(H,26,31)(H,27,29). The molecule has 8 heteroatoms. The molecule has 0 spiro atoms. The molecule has 0 aliphatic rings. The van der Waals surface area contributed by atoms with Crippen LogP contribution in [0.15, 0.2) is 88.9 Å². The van der Waals surface area contributed by atoms with Gasteiger partial charge < -0.3 is 5.32 Å². The lowest BCUT2D eigenvalue weighted by Crippen LogP contribution is -2.28. The van der Waals surface area contributed by atoms with Crippen molar-refractivity contribution < 1.29 is 4.79 Å². The predicted molar refractivity (Wildman–Crippen MR) is 131 cm³/mol. The minimum absolute atomic E-state index is 0.112. The zero-order chi connectivity index (χ0) is 22.6. The summed E-state index contributed by atoms with van der Waals surface area (Å²) in [6.45, 7) is 0.548. The number of amides is 1. The van der Waals surface area contributed by atoms with Crippen molar-refractivity contribution in [3.8, 4) is 5.69 Å². The van der Waals surface area contributed by atoms with Gasteiger partial charge >= 0.3 is 0 Å². The van der Waals surface area contributed by atoms with E-state index < -0.39 is 0 Å². The summed E-state index contributed by atoms with van der Waals surface area (Å²) in [4.78, 5) is 30.5. The molecule has 164 valence electrons. The number of benzene rings is 3. The Balaban J connectivity index is 1.42. The largest absolute Gasteiger partial charge is 0.355 e. The van der Waals surface area contributed by atoms with E-state index in [9.17, 15) is 9.59 Å². The number of thioether (sulfide) groups is 1. The van der Waals surface area contributed by atoms with Crippen molar-refractivity contribution in [2.45, 2.75) is 11.6 Å². The van der Waals surface area contributed by atoms with Gasteiger partial charge in [-0.05, 0) is 23.4 Å². The summed E-state index contributed by atoms with van der Waals surface area (Å²) in [6, 6.07) is 23.7. The number of hydrogen-bond acceptors (Lipinski definition) is 5. The maximum absolute atomic E-state index is 13.4. The zero-order valence-electron chi connectivity index (χ0n) is 17.7. The van der Waals surface area contributed by atoms with E-state index >= 15 is 0 Å². The second-order valence-electron chi connectivity index (χ2n) is 7.54. The highest BCUT2D eigenvalue weighted by Crippen LogP contribution is 2.26. The highest BCUT2D eigenvalue weighted by atomic mass is 32.2. The normalized spacial score (nSPS) is 11.2. The van der Waals surface area contributed by atoms with E-state index in [2.05, 4.69) is 20.5 Å². The number of nitrogens with zero attached hydrogens (tertiary/aromatic N) is 3. The smallest absolute Gasteiger partial charge is 0.269 e. The molecular formula is C25H21N5O2S. The molecule has 1 amide bonds. The number of aromatic nitrogens is 4. The minimum Gasteiger partial charge on any atom is -0.355 e. The molecule has 2 N–H and O–H groups in total. The molecule has 0 saturated heterocycles. The Morgan fingerprint density at radius 2 is 1.76 bits per heavy atom. The summed E-state index contributed by atoms with van der Waals surface area (Å²) in [7, 11) is 0. The summed E-state index contributed by atoms with van der Waals surface area (Å²) in [6.07, 6.45) is 2.24. The lowest BCUT2D eigenvalue weighted by atomic mass is 10.1. The number of hydrogen-bond donors (Lipinski definition) is 2. The number of carbonyl (C=O) groups is 1. The summed E-state index contributed by atoms with van der Waals surface area (Å²) in [5.74, 6) is 0.0328. The molecule has 7 nitrogen and oxygen atoms in total. The fourth-order valence-electron chi connectivity index (χ4n) is 3.76. The van der Waals surface area contributed by atoms with Gasteiger partial charge in [-0.3, -0.25) is 19.3 Å². The Kier molecular flexibility index (Phi) is 5.91. The quantitative estimate of drug-likeness (QED) is 0.288. The Morgan fingerprint density at radius 3 is 2.64 bits per heavy atom. The number of nitrogens with one attached hydrogen (secondary N) is 2. The third-order valence-electron chi connectivity index (χ3n) is 5.37. The number of H-pyrrole nitrogens is 1. The molecule has 0 radical (unpaired) electrons. The van der Waals surface area contributed by atoms with Gasteiger partial charge in [0.05, 0.1) is 17.6 Å². The van der Waals surface area contributed by atoms with E-state index in [0.29, 0.717) is 22.7 Å². The molecule has 2 aromatic heterocycles. The van der Waals surface area contributed by atoms with Crippen LogP contribution in [0, 0.1) is 0 Å². The van der Waals surface area contributed by atoms with Crippen LogP contribution in [0.2, 0.25) is 0 Å². The van der Waals surface area contributed by atoms with Crippen LogP contribution in [0.4, 0.5) is 0 Å². The van der Waals surface area contributed by atoms with Crippen molar-refractivity contribution in [2.75, 3.05) is 12.3 Å². The second kappa shape index (κ2) is 9.30. The molecule has 0 atom stereocenters. The van der Waals surface area contributed by atoms with E-state index in [0.717, 1.165) is 22.9 Å². The molecule has 33 heavy (non-hydrogen) atoms. The van der Waals surface area contributed by atoms with Gasteiger partial charge in [-0.2, -0.15) is 5.10 Å². The summed E-state index contributed by atoms with van der Waals surface area (Å²) in [5, 5.41) is 12.5. The monoisotopic (exact) mass is 455 g/mol. The average molecular weight is 456 g/mol. The van der Waals surface area contributed by atoms with Crippen LogP contribution in [0.5, 0.6) is 0 Å². The molecule has 0 aliphatic heterocycles. The molecule has 0 saturated carbocycles. The van der Waals surface area contributed by atoms with Crippen LogP contribution >= 0.6 is 11.8 Å². The van der Waals surface area contributed by atoms with Gasteiger partial charge in [0.1, 0.15) is 5.39 Å². The molecule has 0 unspecified atom stereocenters. The maximum Gasteiger partial charge on any atom is 0.269 e. The lowest BCUT2D eigenvalue weighted by Gasteiger charge is -2.14. The van der Waals surface area contributed by atoms with Gasteiger partial charge in [-0.25, -0.2) is 4.98 Å². The Labute approximate surface area is 193 Å². The van der Waals surface area contributed by atoms with Crippen molar-refractivity contribution in [1.29, 1.82) is 0 Å². The third-order valence-corrected chi connectivity index (χ3v) is 6.31. The summed E-state index contributed by atoms with van der Waals surface area (Å²) >= 11 is 1.23. The number of fused-ring (bicyclic) bond motifs is 2. The molecule has 0 aliphatic carbocycles. The van der Waals surface area contributed by atoms with Crippen molar-refractivity contribution in [3.05, 3.63) is 94.9 Å². The van der Waals surface area contributed by atoms with Crippen LogP contribution in [0.25, 0.3) is 27.5 Å². The Morgan fingerprint density at radius 1 is 0.970 bits per heavy atom. The topological polar surface area (TPSA) is 92.7 Å². The third kappa shape index (κ3) is 4.38. The predicted octanol–water partition coefficient (Wildman–Crippen LogP) is 3.71. The van der Waals surface area contributed by atoms with Gasteiger partial charge in [0.15, 0.2) is 10.8 Å². The van der Waals surface area contributed by atoms with Gasteiger partial charge in [-0.1, -0.05) is 78.5 Å². The van der Waals surface area contributed by atoms with Crippen LogP contribution in [-0.4, -0.2) is 38.0 Å². The first kappa shape index (κ1) is 21.0. The first-order chi connectivity index (χ1) is 16.2. The average Bonchev–Trinajstić information content (AvgIpc) is 3.32. The van der Waals surface area contributed by atoms with Crippen molar-refractivity contribution in [3.63, 3.8) is 0 Å². The van der Waals surface area contributed by atoms with E-state index in [1.54, 1.807) is 4.57 Å². The SMILES string of the molecule is O=C(CSc1nc2[nH]ncc2c(=O)n1-c1cccc2ccccc12)NCCc1ccccc1. The molecule has 2 heterocycles. The Bertz CT molecular complexity index is 1490. The molecule has 3 aromatic carbocycles. The van der Waals surface area contributed by atoms with E-state index in [1.165, 1.54) is 23.5 Å². The number of carbonyl (C=O) groups excluding carboxylic acids is 1. The minimum atomic E-state index is -0.225. The van der Waals surface area contributed by atoms with E-state index in [1.807, 2.05) is 72.8 Å². The molecule has 0 fully saturated rings. The van der Waals surface area contributed by atoms with Gasteiger partial charge in [0, 0.05) is 11.9 Å². The highest BCUT2D eigenvalue weighted by molar-refractivity contribution is 7.99. The van der Waals surface area contributed by atoms with Gasteiger partial charge in [-0.15, -0.1) is 0 Å². The highest BCUT2D eigenvalue weighted by Gasteiger charge is 2.17. The fourth-order valence-corrected chi connectivity index (χ4v) is 4.59. The fraction of sp³-hybridized carbons (Fsp3) is 0.120. The van der Waals surface area contributed by atoms with Crippen molar-refractivity contribution in [2.24, 2.45) is 0 Å². The van der Waals surface area contributed by atoms with Crippen LogP contribution in [-0.2, 0) is 11.2 Å². The summed E-state index contributed by atoms with van der Waals surface area (Å²) < 4.78 is 1.57. The maximum atomic E-state index is 13.4. The zero-order valence-corrected chi connectivity index (χ0v) is 18.5.